The van der Waals surface area contributed by atoms with Gasteiger partial charge < -0.3 is 15.3 Å². The lowest BCUT2D eigenvalue weighted by Gasteiger charge is -2.36. The van der Waals surface area contributed by atoms with Crippen molar-refractivity contribution in [2.45, 2.75) is 19.3 Å². The van der Waals surface area contributed by atoms with E-state index in [0.29, 0.717) is 12.5 Å². The van der Waals surface area contributed by atoms with Gasteiger partial charge in [0.25, 0.3) is 0 Å². The summed E-state index contributed by atoms with van der Waals surface area (Å²) in [6.45, 7) is 4.97. The van der Waals surface area contributed by atoms with Gasteiger partial charge in [0.1, 0.15) is 0 Å². The van der Waals surface area contributed by atoms with Gasteiger partial charge in [-0.2, -0.15) is 0 Å². The molecule has 2 fully saturated rings. The maximum atomic E-state index is 11.9. The van der Waals surface area contributed by atoms with Crippen molar-refractivity contribution in [3.8, 4) is 0 Å². The lowest BCUT2D eigenvalue weighted by Crippen LogP contribution is -2.49. The van der Waals surface area contributed by atoms with E-state index >= 15 is 0 Å². The van der Waals surface area contributed by atoms with Crippen molar-refractivity contribution in [2.75, 3.05) is 45.8 Å². The van der Waals surface area contributed by atoms with Gasteiger partial charge in [-0.1, -0.05) is 0 Å². The van der Waals surface area contributed by atoms with Crippen LogP contribution in [0.5, 0.6) is 0 Å². The van der Waals surface area contributed by atoms with E-state index in [1.54, 1.807) is 0 Å². The Morgan fingerprint density at radius 1 is 1.21 bits per heavy atom. The Hall–Kier alpha value is -1.14. The maximum absolute atomic E-state index is 11.9. The molecule has 1 amide bonds. The molecule has 0 aromatic heterocycles. The largest absolute Gasteiger partial charge is 0.480 e. The fourth-order valence-corrected chi connectivity index (χ4v) is 2.70. The van der Waals surface area contributed by atoms with Gasteiger partial charge >= 0.3 is 5.97 Å². The SMILES string of the molecule is O=C(O)CNCC1CCCN(CC(=O)N2CCC2)C1. The Morgan fingerprint density at radius 2 is 2.00 bits per heavy atom. The third-order valence-electron chi connectivity index (χ3n) is 3.88. The summed E-state index contributed by atoms with van der Waals surface area (Å²) >= 11 is 0. The predicted octanol–water partition coefficient (Wildman–Crippen LogP) is -0.395. The smallest absolute Gasteiger partial charge is 0.317 e. The molecule has 108 valence electrons. The monoisotopic (exact) mass is 269 g/mol. The van der Waals surface area contributed by atoms with Crippen LogP contribution in [0, 0.1) is 5.92 Å². The van der Waals surface area contributed by atoms with E-state index in [2.05, 4.69) is 10.2 Å². The molecule has 19 heavy (non-hydrogen) atoms. The summed E-state index contributed by atoms with van der Waals surface area (Å²) in [6.07, 6.45) is 3.33. The Bertz CT molecular complexity index is 331. The molecular weight excluding hydrogens is 246 g/mol. The van der Waals surface area contributed by atoms with Gasteiger partial charge in [0.15, 0.2) is 0 Å². The van der Waals surface area contributed by atoms with Gasteiger partial charge in [0, 0.05) is 19.6 Å². The van der Waals surface area contributed by atoms with E-state index < -0.39 is 5.97 Å². The van der Waals surface area contributed by atoms with Crippen LogP contribution in [0.3, 0.4) is 0 Å². The van der Waals surface area contributed by atoms with Crippen molar-refractivity contribution in [3.63, 3.8) is 0 Å². The van der Waals surface area contributed by atoms with Crippen LogP contribution in [0.1, 0.15) is 19.3 Å². The minimum Gasteiger partial charge on any atom is -0.480 e. The first-order valence-electron chi connectivity index (χ1n) is 7.08. The second-order valence-corrected chi connectivity index (χ2v) is 5.50. The highest BCUT2D eigenvalue weighted by Crippen LogP contribution is 2.16. The molecule has 2 aliphatic heterocycles. The Kier molecular flexibility index (Phi) is 5.15. The van der Waals surface area contributed by atoms with Gasteiger partial charge in [-0.05, 0) is 38.3 Å². The minimum absolute atomic E-state index is 0.0171. The van der Waals surface area contributed by atoms with Crippen molar-refractivity contribution in [2.24, 2.45) is 5.92 Å². The molecule has 6 heteroatoms. The van der Waals surface area contributed by atoms with Crippen LogP contribution in [0.4, 0.5) is 0 Å². The van der Waals surface area contributed by atoms with Crippen molar-refractivity contribution in [3.05, 3.63) is 0 Å². The summed E-state index contributed by atoms with van der Waals surface area (Å²) in [6, 6.07) is 0. The van der Waals surface area contributed by atoms with Gasteiger partial charge in [0.05, 0.1) is 13.1 Å². The zero-order chi connectivity index (χ0) is 13.7. The molecule has 2 heterocycles. The van der Waals surface area contributed by atoms with Crippen LogP contribution in [0.15, 0.2) is 0 Å². The van der Waals surface area contributed by atoms with Crippen molar-refractivity contribution in [1.82, 2.24) is 15.1 Å². The number of hydrogen-bond donors (Lipinski definition) is 2. The summed E-state index contributed by atoms with van der Waals surface area (Å²) in [5, 5.41) is 11.5. The average molecular weight is 269 g/mol. The number of nitrogens with zero attached hydrogens (tertiary/aromatic N) is 2. The second kappa shape index (κ2) is 6.86. The van der Waals surface area contributed by atoms with E-state index in [1.165, 1.54) is 0 Å². The normalized spacial score (nSPS) is 24.0. The fourth-order valence-electron chi connectivity index (χ4n) is 2.70. The van der Waals surface area contributed by atoms with Crippen molar-refractivity contribution < 1.29 is 14.7 Å². The molecule has 2 N–H and O–H groups in total. The van der Waals surface area contributed by atoms with Crippen LogP contribution in [-0.2, 0) is 9.59 Å². The number of likely N-dealkylation sites (tertiary alicyclic amines) is 2. The number of aliphatic carboxylic acids is 1. The molecule has 0 radical (unpaired) electrons. The first-order valence-corrected chi connectivity index (χ1v) is 7.08. The molecule has 2 saturated heterocycles. The van der Waals surface area contributed by atoms with E-state index in [-0.39, 0.29) is 12.5 Å². The van der Waals surface area contributed by atoms with Crippen LogP contribution in [-0.4, -0.2) is 72.6 Å². The van der Waals surface area contributed by atoms with Gasteiger partial charge in [-0.25, -0.2) is 0 Å². The summed E-state index contributed by atoms with van der Waals surface area (Å²) < 4.78 is 0. The Labute approximate surface area is 113 Å². The molecule has 1 unspecified atom stereocenters. The highest BCUT2D eigenvalue weighted by molar-refractivity contribution is 5.78. The van der Waals surface area contributed by atoms with E-state index in [4.69, 9.17) is 5.11 Å². The number of piperidine rings is 1. The standard InChI is InChI=1S/C13H23N3O3/c17-12(16-5-2-6-16)10-15-4-1-3-11(9-15)7-14-8-13(18)19/h11,14H,1-10H2,(H,18,19). The fraction of sp³-hybridized carbons (Fsp3) is 0.846. The van der Waals surface area contributed by atoms with E-state index in [1.807, 2.05) is 4.90 Å². The highest BCUT2D eigenvalue weighted by atomic mass is 16.4. The van der Waals surface area contributed by atoms with E-state index in [0.717, 1.165) is 52.0 Å². The van der Waals surface area contributed by atoms with Crippen molar-refractivity contribution in [1.29, 1.82) is 0 Å². The third kappa shape index (κ3) is 4.47. The van der Waals surface area contributed by atoms with Crippen LogP contribution >= 0.6 is 0 Å². The molecule has 6 nitrogen and oxygen atoms in total. The number of amides is 1. The molecule has 0 aromatic rings. The molecule has 1 atom stereocenters. The van der Waals surface area contributed by atoms with Crippen LogP contribution < -0.4 is 5.32 Å². The predicted molar refractivity (Wildman–Crippen MR) is 70.9 cm³/mol. The lowest BCUT2D eigenvalue weighted by molar-refractivity contribution is -0.136. The van der Waals surface area contributed by atoms with Gasteiger partial charge in [-0.15, -0.1) is 0 Å². The van der Waals surface area contributed by atoms with Crippen LogP contribution in [0.2, 0.25) is 0 Å². The summed E-state index contributed by atoms with van der Waals surface area (Å²) in [5.41, 5.74) is 0. The Balaban J connectivity index is 1.67. The number of carbonyl (C=O) groups is 2. The lowest BCUT2D eigenvalue weighted by atomic mass is 9.98. The molecule has 0 bridgehead atoms. The molecule has 2 rings (SSSR count). The Morgan fingerprint density at radius 3 is 2.63 bits per heavy atom. The second-order valence-electron chi connectivity index (χ2n) is 5.50. The number of carbonyl (C=O) groups excluding carboxylic acids is 1. The van der Waals surface area contributed by atoms with Gasteiger partial charge in [0.2, 0.25) is 5.91 Å². The molecule has 0 saturated carbocycles. The number of hydrogen-bond acceptors (Lipinski definition) is 4. The average Bonchev–Trinajstić information content (AvgIpc) is 2.26. The first-order chi connectivity index (χ1) is 9.15. The zero-order valence-electron chi connectivity index (χ0n) is 11.3. The maximum Gasteiger partial charge on any atom is 0.317 e. The third-order valence-corrected chi connectivity index (χ3v) is 3.88. The molecule has 0 aliphatic carbocycles. The summed E-state index contributed by atoms with van der Waals surface area (Å²) in [5.74, 6) is -0.122. The first kappa shape index (κ1) is 14.3. The zero-order valence-corrected chi connectivity index (χ0v) is 11.3. The molecule has 0 aromatic carbocycles. The number of carboxylic acids is 1. The highest BCUT2D eigenvalue weighted by Gasteiger charge is 2.25. The van der Waals surface area contributed by atoms with E-state index in [9.17, 15) is 9.59 Å². The minimum atomic E-state index is -0.819. The topological polar surface area (TPSA) is 72.9 Å². The van der Waals surface area contributed by atoms with Crippen molar-refractivity contribution >= 4 is 11.9 Å². The van der Waals surface area contributed by atoms with Crippen LogP contribution in [0.25, 0.3) is 0 Å². The number of rotatable bonds is 6. The molecule has 2 aliphatic rings. The quantitative estimate of drug-likeness (QED) is 0.687. The molecule has 0 spiro atoms. The summed E-state index contributed by atoms with van der Waals surface area (Å²) in [4.78, 5) is 26.5. The summed E-state index contributed by atoms with van der Waals surface area (Å²) in [7, 11) is 0. The van der Waals surface area contributed by atoms with Gasteiger partial charge in [-0.3, -0.25) is 14.5 Å². The number of nitrogens with one attached hydrogen (secondary N) is 1. The number of carboxylic acid groups (broad SMARTS) is 1. The molecular formula is C13H23N3O3.